The third-order valence-corrected chi connectivity index (χ3v) is 14.5. The number of nitrogens with zero attached hydrogens (tertiary/aromatic N) is 1. The average molecular weight is 374 g/mol. The molecule has 19 heavy (non-hydrogen) atoms. The van der Waals surface area contributed by atoms with Crippen LogP contribution in [0.1, 0.15) is 0 Å². The Balaban J connectivity index is -0.00000128. The summed E-state index contributed by atoms with van der Waals surface area (Å²) < 4.78 is 0.211. The molecule has 0 aliphatic carbocycles. The second kappa shape index (κ2) is 9.55. The zero-order chi connectivity index (χ0) is 13.7. The third-order valence-electron chi connectivity index (χ3n) is 1.51. The Morgan fingerprint density at radius 2 is 1.68 bits per heavy atom. The molecule has 108 valence electrons. The van der Waals surface area contributed by atoms with E-state index in [1.165, 1.54) is 4.90 Å². The number of thiocarbonyl (C=S) groups is 1. The maximum Gasteiger partial charge on any atom is 0.185 e. The van der Waals surface area contributed by atoms with Gasteiger partial charge in [0.25, 0.3) is 0 Å². The van der Waals surface area contributed by atoms with E-state index in [9.17, 15) is 9.59 Å². The van der Waals surface area contributed by atoms with Gasteiger partial charge in [-0.1, -0.05) is 12.2 Å². The van der Waals surface area contributed by atoms with Crippen molar-refractivity contribution in [3.63, 3.8) is 0 Å². The van der Waals surface area contributed by atoms with E-state index >= 15 is 0 Å². The van der Waals surface area contributed by atoms with Crippen molar-refractivity contribution in [2.45, 2.75) is 0 Å². The zero-order valence-electron chi connectivity index (χ0n) is 9.54. The number of carbonyl (C=O) groups excluding carboxylic acids is 2. The summed E-state index contributed by atoms with van der Waals surface area (Å²) in [6, 6.07) is 0. The minimum absolute atomic E-state index is 0. The summed E-state index contributed by atoms with van der Waals surface area (Å²) in [5.74, 6) is 4.29. The van der Waals surface area contributed by atoms with Crippen LogP contribution in [0.25, 0.3) is 0 Å². The molecular weight excluding hydrogens is 359 g/mol. The van der Waals surface area contributed by atoms with Crippen molar-refractivity contribution >= 4 is 76.4 Å². The van der Waals surface area contributed by atoms with Crippen LogP contribution in [-0.4, -0.2) is 51.0 Å². The van der Waals surface area contributed by atoms with Crippen LogP contribution in [0.2, 0.25) is 0 Å². The molecule has 0 aromatic heterocycles. The van der Waals surface area contributed by atoms with Crippen molar-refractivity contribution in [1.29, 1.82) is 0 Å². The molecule has 0 saturated carbocycles. The quantitative estimate of drug-likeness (QED) is 0.194. The van der Waals surface area contributed by atoms with Crippen molar-refractivity contribution in [2.75, 3.05) is 14.1 Å². The van der Waals surface area contributed by atoms with Crippen molar-refractivity contribution in [2.24, 2.45) is 0 Å². The van der Waals surface area contributed by atoms with Crippen LogP contribution in [0.5, 0.6) is 0 Å². The Kier molecular flexibility index (Phi) is 11.9. The first kappa shape index (κ1) is 23.7. The van der Waals surface area contributed by atoms with Crippen LogP contribution in [0.3, 0.4) is 0 Å². The topological polar surface area (TPSA) is 68.9 Å². The zero-order valence-corrected chi connectivity index (χ0v) is 13.6. The maximum absolute atomic E-state index is 11.2. The molecule has 0 aromatic carbocycles. The molecule has 0 aliphatic heterocycles. The van der Waals surface area contributed by atoms with Gasteiger partial charge in [0.2, 0.25) is 0 Å². The van der Waals surface area contributed by atoms with Crippen molar-refractivity contribution < 1.29 is 15.1 Å². The number of rotatable bonds is 3. The Labute approximate surface area is 133 Å². The molecule has 0 fully saturated rings. The highest BCUT2D eigenvalue weighted by Crippen LogP contribution is 2.49. The maximum atomic E-state index is 11.2. The molecule has 0 aromatic rings. The molecule has 0 atom stereocenters. The summed E-state index contributed by atoms with van der Waals surface area (Å²) in [5.41, 5.74) is 0.824. The summed E-state index contributed by atoms with van der Waals surface area (Å²) >= 11 is 15.5. The standard InChI is InChI=1S/C9H9NO2S5.H2O.H4Si/c1-4-5-6-16(7-11,8-12)17(14,15)9(13)10(2)3;;/h1,7-8H,2-3H3;1H2;1H4. The lowest BCUT2D eigenvalue weighted by Crippen LogP contribution is -2.30. The predicted molar refractivity (Wildman–Crippen MR) is 101 cm³/mol. The molecule has 2 N–H and O–H groups in total. The summed E-state index contributed by atoms with van der Waals surface area (Å²) in [6.07, 6.45) is 2.35. The van der Waals surface area contributed by atoms with E-state index in [4.69, 9.17) is 41.0 Å². The van der Waals surface area contributed by atoms with E-state index < -0.39 is 15.2 Å². The fraction of sp³-hybridized carbons (Fsp3) is 0.222. The first-order chi connectivity index (χ1) is 7.79. The van der Waals surface area contributed by atoms with Gasteiger partial charge < -0.3 is 10.4 Å². The Bertz CT molecular complexity index is 545. The molecule has 0 heterocycles. The van der Waals surface area contributed by atoms with E-state index in [1.54, 1.807) is 14.1 Å². The first-order valence-corrected chi connectivity index (χ1v) is 10.1. The molecule has 0 spiro atoms. The number of terminal acetylenes is 1. The molecule has 0 amide bonds. The van der Waals surface area contributed by atoms with Gasteiger partial charge in [-0.3, -0.25) is 9.59 Å². The van der Waals surface area contributed by atoms with Gasteiger partial charge in [-0.05, 0) is 50.4 Å². The minimum Gasteiger partial charge on any atom is -0.412 e. The fourth-order valence-corrected chi connectivity index (χ4v) is 7.94. The first-order valence-electron chi connectivity index (χ1n) is 3.96. The second-order valence-corrected chi connectivity index (χ2v) is 14.7. The Hall–Kier alpha value is -0.333. The Morgan fingerprint density at radius 1 is 1.26 bits per heavy atom. The lowest BCUT2D eigenvalue weighted by Gasteiger charge is -2.29. The van der Waals surface area contributed by atoms with Gasteiger partial charge in [-0.25, -0.2) is 0 Å². The fourth-order valence-electron chi connectivity index (χ4n) is 0.680. The molecular formula is C9H15NO3S5Si. The summed E-state index contributed by atoms with van der Waals surface area (Å²) in [6.45, 7) is 0. The largest absolute Gasteiger partial charge is 0.412 e. The van der Waals surface area contributed by atoms with Crippen LogP contribution in [0, 0.1) is 23.5 Å². The van der Waals surface area contributed by atoms with Crippen LogP contribution < -0.4 is 0 Å². The van der Waals surface area contributed by atoms with E-state index in [2.05, 4.69) is 11.2 Å². The van der Waals surface area contributed by atoms with Crippen LogP contribution in [0.15, 0.2) is 0 Å². The molecule has 0 aliphatic rings. The van der Waals surface area contributed by atoms with Crippen molar-refractivity contribution in [3.8, 4) is 23.5 Å². The van der Waals surface area contributed by atoms with Crippen molar-refractivity contribution in [1.82, 2.24) is 4.90 Å². The third kappa shape index (κ3) is 4.93. The minimum atomic E-state index is -2.79. The van der Waals surface area contributed by atoms with Gasteiger partial charge in [0.05, 0.1) is 0 Å². The van der Waals surface area contributed by atoms with Gasteiger partial charge in [-0.2, -0.15) is 0 Å². The molecule has 10 heteroatoms. The molecule has 4 nitrogen and oxygen atoms in total. The van der Waals surface area contributed by atoms with E-state index in [0.717, 1.165) is 0 Å². The van der Waals surface area contributed by atoms with Gasteiger partial charge in [0.15, 0.2) is 15.6 Å². The predicted octanol–water partition coefficient (Wildman–Crippen LogP) is -1.67. The van der Waals surface area contributed by atoms with Gasteiger partial charge in [0, 0.05) is 29.3 Å². The summed E-state index contributed by atoms with van der Waals surface area (Å²) in [5, 5.41) is 2.43. The number of hydrogen-bond donors (Lipinski definition) is 0. The number of carbonyl (C=O) groups is 2. The summed E-state index contributed by atoms with van der Waals surface area (Å²) in [7, 11) is 0.508. The van der Waals surface area contributed by atoms with Crippen LogP contribution >= 0.6 is 21.3 Å². The molecule has 0 unspecified atom stereocenters. The van der Waals surface area contributed by atoms with Crippen LogP contribution in [-0.2, 0) is 38.1 Å². The summed E-state index contributed by atoms with van der Waals surface area (Å²) in [4.78, 5) is 23.9. The van der Waals surface area contributed by atoms with Crippen LogP contribution in [0.4, 0.5) is 0 Å². The van der Waals surface area contributed by atoms with Gasteiger partial charge in [-0.15, -0.1) is 6.42 Å². The van der Waals surface area contributed by atoms with E-state index in [1.807, 2.05) is 5.92 Å². The molecule has 0 radical (unpaired) electrons. The molecule has 0 bridgehead atoms. The van der Waals surface area contributed by atoms with E-state index in [-0.39, 0.29) is 20.8 Å². The average Bonchev–Trinajstić information content (AvgIpc) is 2.29. The molecule has 0 saturated heterocycles. The lowest BCUT2D eigenvalue weighted by molar-refractivity contribution is 0.566. The SMILES string of the molecule is C#CC#CS(C=O)(C=O)S(=S)(=S)C(=S)N(C)C.O.[SiH4]. The van der Waals surface area contributed by atoms with E-state index in [0.29, 0.717) is 11.2 Å². The van der Waals surface area contributed by atoms with Gasteiger partial charge >= 0.3 is 0 Å². The molecule has 0 rings (SSSR count). The smallest absolute Gasteiger partial charge is 0.185 e. The monoisotopic (exact) mass is 373 g/mol. The Morgan fingerprint density at radius 3 is 1.95 bits per heavy atom. The normalized spacial score (nSPS) is 10.2. The highest BCUT2D eigenvalue weighted by molar-refractivity contribution is 9.22. The highest BCUT2D eigenvalue weighted by atomic mass is 33.5. The lowest BCUT2D eigenvalue weighted by atomic mass is 10.7. The second-order valence-electron chi connectivity index (χ2n) is 2.83. The van der Waals surface area contributed by atoms with Gasteiger partial charge in [0.1, 0.15) is 0 Å². The van der Waals surface area contributed by atoms with Crippen molar-refractivity contribution in [3.05, 3.63) is 0 Å². The highest BCUT2D eigenvalue weighted by Gasteiger charge is 2.34. The number of hydrogen-bond acceptors (Lipinski definition) is 5.